The Kier molecular flexibility index (Phi) is 5.50. The molecule has 1 amide bonds. The van der Waals surface area contributed by atoms with E-state index < -0.39 is 11.6 Å². The number of hydroxylamine groups is 2. The van der Waals surface area contributed by atoms with Crippen LogP contribution in [0.2, 0.25) is 0 Å². The highest BCUT2D eigenvalue weighted by molar-refractivity contribution is 5.62. The van der Waals surface area contributed by atoms with E-state index in [-0.39, 0.29) is 0 Å². The first-order valence-corrected chi connectivity index (χ1v) is 5.18. The standard InChI is InChI=1S/C11H21NO3/c1-9(2)6-10(7-13)12(8-14)15-11(3,4)5/h7-10H,6H2,1-5H3. The van der Waals surface area contributed by atoms with Crippen molar-refractivity contribution in [3.8, 4) is 0 Å². The van der Waals surface area contributed by atoms with Gasteiger partial charge in [-0.05, 0) is 33.1 Å². The van der Waals surface area contributed by atoms with Gasteiger partial charge < -0.3 is 4.79 Å². The van der Waals surface area contributed by atoms with E-state index in [0.29, 0.717) is 18.7 Å². The van der Waals surface area contributed by atoms with Crippen molar-refractivity contribution in [2.24, 2.45) is 5.92 Å². The molecule has 0 fully saturated rings. The third kappa shape index (κ3) is 6.23. The molecule has 0 aliphatic heterocycles. The van der Waals surface area contributed by atoms with Crippen LogP contribution in [0.3, 0.4) is 0 Å². The molecule has 0 aromatic heterocycles. The molecule has 0 aromatic rings. The van der Waals surface area contributed by atoms with Crippen LogP contribution in [0.4, 0.5) is 0 Å². The maximum absolute atomic E-state index is 10.8. The lowest BCUT2D eigenvalue weighted by atomic mass is 10.1. The zero-order chi connectivity index (χ0) is 12.1. The number of hydrogen-bond donors (Lipinski definition) is 0. The predicted octanol–water partition coefficient (Wildman–Crippen LogP) is 1.79. The van der Waals surface area contributed by atoms with E-state index in [2.05, 4.69) is 0 Å². The van der Waals surface area contributed by atoms with Crippen molar-refractivity contribution >= 4 is 12.7 Å². The van der Waals surface area contributed by atoms with Crippen LogP contribution in [0.1, 0.15) is 41.0 Å². The van der Waals surface area contributed by atoms with E-state index in [9.17, 15) is 9.59 Å². The number of carbonyl (C=O) groups excluding carboxylic acids is 2. The van der Waals surface area contributed by atoms with Crippen molar-refractivity contribution in [3.05, 3.63) is 0 Å². The number of rotatable bonds is 6. The van der Waals surface area contributed by atoms with Gasteiger partial charge in [-0.1, -0.05) is 13.8 Å². The van der Waals surface area contributed by atoms with Crippen LogP contribution in [-0.2, 0) is 14.4 Å². The number of hydrogen-bond acceptors (Lipinski definition) is 3. The number of nitrogens with zero attached hydrogens (tertiary/aromatic N) is 1. The van der Waals surface area contributed by atoms with Crippen molar-refractivity contribution in [3.63, 3.8) is 0 Å². The van der Waals surface area contributed by atoms with Crippen molar-refractivity contribution in [1.82, 2.24) is 5.06 Å². The molecule has 0 heterocycles. The summed E-state index contributed by atoms with van der Waals surface area (Å²) >= 11 is 0. The monoisotopic (exact) mass is 215 g/mol. The minimum Gasteiger partial charge on any atom is -0.301 e. The summed E-state index contributed by atoms with van der Waals surface area (Å²) in [6.45, 7) is 9.50. The minimum atomic E-state index is -0.498. The average Bonchev–Trinajstić information content (AvgIpc) is 2.08. The number of amides is 1. The van der Waals surface area contributed by atoms with Gasteiger partial charge in [-0.25, -0.2) is 5.06 Å². The lowest BCUT2D eigenvalue weighted by molar-refractivity contribution is -0.229. The summed E-state index contributed by atoms with van der Waals surface area (Å²) in [6, 6.07) is -0.498. The van der Waals surface area contributed by atoms with E-state index in [1.807, 2.05) is 34.6 Å². The van der Waals surface area contributed by atoms with E-state index in [1.165, 1.54) is 0 Å². The van der Waals surface area contributed by atoms with E-state index in [0.717, 1.165) is 11.3 Å². The number of aldehydes is 1. The molecule has 0 saturated carbocycles. The van der Waals surface area contributed by atoms with Crippen LogP contribution in [0.15, 0.2) is 0 Å². The van der Waals surface area contributed by atoms with Gasteiger partial charge in [0.15, 0.2) is 0 Å². The summed E-state index contributed by atoms with van der Waals surface area (Å²) < 4.78 is 0. The number of carbonyl (C=O) groups is 2. The first-order valence-electron chi connectivity index (χ1n) is 5.18. The Balaban J connectivity index is 4.47. The summed E-state index contributed by atoms with van der Waals surface area (Å²) in [6.07, 6.45) is 1.92. The molecule has 1 atom stereocenters. The van der Waals surface area contributed by atoms with Gasteiger partial charge in [-0.2, -0.15) is 0 Å². The summed E-state index contributed by atoms with van der Waals surface area (Å²) in [5, 5.41) is 1.10. The largest absolute Gasteiger partial charge is 0.301 e. The molecule has 0 N–H and O–H groups in total. The fourth-order valence-corrected chi connectivity index (χ4v) is 1.19. The van der Waals surface area contributed by atoms with Gasteiger partial charge in [-0.15, -0.1) is 0 Å². The molecule has 0 rings (SSSR count). The highest BCUT2D eigenvalue weighted by Crippen LogP contribution is 2.15. The zero-order valence-corrected chi connectivity index (χ0v) is 10.2. The van der Waals surface area contributed by atoms with Gasteiger partial charge in [0.05, 0.1) is 5.60 Å². The molecule has 0 bridgehead atoms. The molecular formula is C11H21NO3. The van der Waals surface area contributed by atoms with Gasteiger partial charge in [0, 0.05) is 0 Å². The first-order chi connectivity index (χ1) is 6.80. The molecule has 4 nitrogen and oxygen atoms in total. The maximum Gasteiger partial charge on any atom is 0.234 e. The van der Waals surface area contributed by atoms with Gasteiger partial charge in [-0.3, -0.25) is 9.63 Å². The van der Waals surface area contributed by atoms with E-state index in [1.54, 1.807) is 0 Å². The summed E-state index contributed by atoms with van der Waals surface area (Å²) in [4.78, 5) is 27.0. The second-order valence-electron chi connectivity index (χ2n) is 5.00. The normalized spacial score (nSPS) is 13.7. The third-order valence-corrected chi connectivity index (χ3v) is 1.68. The Bertz CT molecular complexity index is 208. The van der Waals surface area contributed by atoms with E-state index >= 15 is 0 Å². The molecule has 88 valence electrons. The summed E-state index contributed by atoms with van der Waals surface area (Å²) in [7, 11) is 0. The smallest absolute Gasteiger partial charge is 0.234 e. The Morgan fingerprint density at radius 2 is 1.80 bits per heavy atom. The van der Waals surface area contributed by atoms with Gasteiger partial charge >= 0.3 is 0 Å². The molecule has 0 saturated heterocycles. The lowest BCUT2D eigenvalue weighted by Crippen LogP contribution is -2.41. The zero-order valence-electron chi connectivity index (χ0n) is 10.2. The van der Waals surface area contributed by atoms with Crippen LogP contribution in [0.25, 0.3) is 0 Å². The highest BCUT2D eigenvalue weighted by Gasteiger charge is 2.23. The van der Waals surface area contributed by atoms with Crippen LogP contribution >= 0.6 is 0 Å². The molecule has 0 aliphatic carbocycles. The van der Waals surface area contributed by atoms with E-state index in [4.69, 9.17) is 4.84 Å². The van der Waals surface area contributed by atoms with Crippen LogP contribution in [0, 0.1) is 5.92 Å². The molecule has 4 heteroatoms. The summed E-state index contributed by atoms with van der Waals surface area (Å²) in [5.41, 5.74) is -0.473. The quantitative estimate of drug-likeness (QED) is 0.501. The topological polar surface area (TPSA) is 46.6 Å². The molecule has 15 heavy (non-hydrogen) atoms. The van der Waals surface area contributed by atoms with Crippen molar-refractivity contribution in [2.75, 3.05) is 0 Å². The average molecular weight is 215 g/mol. The van der Waals surface area contributed by atoms with Gasteiger partial charge in [0.2, 0.25) is 6.41 Å². The SMILES string of the molecule is CC(C)CC(C=O)N(C=O)OC(C)(C)C. The minimum absolute atomic E-state index is 0.339. The second kappa shape index (κ2) is 5.85. The lowest BCUT2D eigenvalue weighted by Gasteiger charge is -2.30. The molecule has 1 unspecified atom stereocenters. The van der Waals surface area contributed by atoms with Crippen molar-refractivity contribution in [1.29, 1.82) is 0 Å². The fourth-order valence-electron chi connectivity index (χ4n) is 1.19. The Labute approximate surface area is 91.5 Å². The third-order valence-electron chi connectivity index (χ3n) is 1.68. The van der Waals surface area contributed by atoms with Crippen LogP contribution in [-0.4, -0.2) is 29.4 Å². The van der Waals surface area contributed by atoms with Crippen LogP contribution in [0.5, 0.6) is 0 Å². The molecule has 0 aliphatic rings. The van der Waals surface area contributed by atoms with Crippen molar-refractivity contribution < 1.29 is 14.4 Å². The Hall–Kier alpha value is -0.900. The highest BCUT2D eigenvalue weighted by atomic mass is 16.7. The van der Waals surface area contributed by atoms with Gasteiger partial charge in [0.1, 0.15) is 12.3 Å². The van der Waals surface area contributed by atoms with Crippen molar-refractivity contribution in [2.45, 2.75) is 52.7 Å². The second-order valence-corrected chi connectivity index (χ2v) is 5.00. The maximum atomic E-state index is 10.8. The first kappa shape index (κ1) is 14.1. The fraction of sp³-hybridized carbons (Fsp3) is 0.818. The van der Waals surface area contributed by atoms with Gasteiger partial charge in [0.25, 0.3) is 0 Å². The molecule has 0 aromatic carbocycles. The summed E-state index contributed by atoms with van der Waals surface area (Å²) in [5.74, 6) is 0.339. The molecule has 0 spiro atoms. The molecular weight excluding hydrogens is 194 g/mol. The Morgan fingerprint density at radius 3 is 2.07 bits per heavy atom. The predicted molar refractivity (Wildman–Crippen MR) is 58.0 cm³/mol. The van der Waals surface area contributed by atoms with Crippen LogP contribution < -0.4 is 0 Å². The molecule has 0 radical (unpaired) electrons. The Morgan fingerprint density at radius 1 is 1.27 bits per heavy atom.